The van der Waals surface area contributed by atoms with Crippen LogP contribution in [-0.2, 0) is 15.4 Å². The Morgan fingerprint density at radius 1 is 1.07 bits per heavy atom. The summed E-state index contributed by atoms with van der Waals surface area (Å²) in [6.45, 7) is 3.62. The Bertz CT molecular complexity index is 235. The minimum Gasteiger partial charge on any atom is -0.412 e. The third kappa shape index (κ3) is 6.16. The highest BCUT2D eigenvalue weighted by molar-refractivity contribution is 5.20. The molecule has 0 heterocycles. The zero-order valence-corrected chi connectivity index (χ0v) is 9.10. The quantitative estimate of drug-likeness (QED) is 0.583. The van der Waals surface area contributed by atoms with Crippen LogP contribution >= 0.6 is 0 Å². The van der Waals surface area contributed by atoms with Crippen LogP contribution in [0.3, 0.4) is 0 Å². The Labute approximate surface area is 89.1 Å². The van der Waals surface area contributed by atoms with E-state index in [1.807, 2.05) is 44.2 Å². The molecule has 1 aromatic rings. The summed E-state index contributed by atoms with van der Waals surface area (Å²) < 4.78 is 0. The molecule has 1 rings (SSSR count). The van der Waals surface area contributed by atoms with Crippen LogP contribution in [0.15, 0.2) is 30.3 Å². The van der Waals surface area contributed by atoms with Gasteiger partial charge >= 0.3 is 0 Å². The van der Waals surface area contributed by atoms with Crippen molar-refractivity contribution < 1.29 is 25.8 Å². The van der Waals surface area contributed by atoms with E-state index in [1.54, 1.807) is 0 Å². The third-order valence-electron chi connectivity index (χ3n) is 1.70. The van der Waals surface area contributed by atoms with Crippen LogP contribution in [-0.4, -0.2) is 23.1 Å². The SMILES string of the molecule is CC(C)(OO)c1ccccc1.COO.O. The molecular weight excluding hydrogens is 200 g/mol. The average Bonchev–Trinajstić information content (AvgIpc) is 2.20. The van der Waals surface area contributed by atoms with Crippen molar-refractivity contribution in [1.82, 2.24) is 0 Å². The Hall–Kier alpha value is -0.980. The van der Waals surface area contributed by atoms with Crippen molar-refractivity contribution >= 4 is 0 Å². The first-order valence-corrected chi connectivity index (χ1v) is 4.14. The zero-order valence-electron chi connectivity index (χ0n) is 9.10. The van der Waals surface area contributed by atoms with Gasteiger partial charge in [0.1, 0.15) is 5.60 Å². The highest BCUT2D eigenvalue weighted by atomic mass is 17.1. The number of rotatable bonds is 2. The lowest BCUT2D eigenvalue weighted by Gasteiger charge is -2.20. The number of hydrogen-bond acceptors (Lipinski definition) is 4. The van der Waals surface area contributed by atoms with Gasteiger partial charge in [0.25, 0.3) is 0 Å². The van der Waals surface area contributed by atoms with Crippen molar-refractivity contribution in [3.8, 4) is 0 Å². The second-order valence-corrected chi connectivity index (χ2v) is 3.15. The minimum absolute atomic E-state index is 0. The largest absolute Gasteiger partial charge is 0.412 e. The van der Waals surface area contributed by atoms with Crippen LogP contribution in [0, 0.1) is 0 Å². The van der Waals surface area contributed by atoms with Gasteiger partial charge in [0.2, 0.25) is 0 Å². The van der Waals surface area contributed by atoms with Crippen molar-refractivity contribution in [2.24, 2.45) is 0 Å². The van der Waals surface area contributed by atoms with Gasteiger partial charge in [-0.3, -0.25) is 10.5 Å². The van der Waals surface area contributed by atoms with Crippen molar-refractivity contribution in [3.63, 3.8) is 0 Å². The minimum atomic E-state index is -0.610. The number of benzene rings is 1. The van der Waals surface area contributed by atoms with Gasteiger partial charge in [-0.25, -0.2) is 9.78 Å². The second kappa shape index (κ2) is 8.34. The van der Waals surface area contributed by atoms with Gasteiger partial charge in [-0.05, 0) is 19.4 Å². The molecule has 0 aliphatic heterocycles. The van der Waals surface area contributed by atoms with E-state index in [0.29, 0.717) is 0 Å². The van der Waals surface area contributed by atoms with Gasteiger partial charge in [-0.15, -0.1) is 0 Å². The lowest BCUT2D eigenvalue weighted by molar-refractivity contribution is -0.318. The lowest BCUT2D eigenvalue weighted by Crippen LogP contribution is -2.19. The fourth-order valence-electron chi connectivity index (χ4n) is 0.892. The Balaban J connectivity index is 0. The second-order valence-electron chi connectivity index (χ2n) is 3.15. The molecule has 0 bridgehead atoms. The van der Waals surface area contributed by atoms with Crippen molar-refractivity contribution in [2.45, 2.75) is 19.4 Å². The van der Waals surface area contributed by atoms with Crippen LogP contribution in [0.25, 0.3) is 0 Å². The summed E-state index contributed by atoms with van der Waals surface area (Å²) in [5, 5.41) is 15.6. The molecule has 0 saturated carbocycles. The van der Waals surface area contributed by atoms with E-state index in [-0.39, 0.29) is 5.48 Å². The summed E-state index contributed by atoms with van der Waals surface area (Å²) in [5.41, 5.74) is 0.351. The molecule has 0 atom stereocenters. The van der Waals surface area contributed by atoms with E-state index in [0.717, 1.165) is 5.56 Å². The molecular formula is C10H18O5. The van der Waals surface area contributed by atoms with Crippen LogP contribution < -0.4 is 0 Å². The molecule has 5 heteroatoms. The van der Waals surface area contributed by atoms with Gasteiger partial charge < -0.3 is 5.48 Å². The third-order valence-corrected chi connectivity index (χ3v) is 1.70. The zero-order chi connectivity index (χ0) is 11.0. The topological polar surface area (TPSA) is 90.4 Å². The normalized spacial score (nSPS) is 9.67. The summed E-state index contributed by atoms with van der Waals surface area (Å²) in [5.74, 6) is 0. The predicted octanol–water partition coefficient (Wildman–Crippen LogP) is 1.69. The Morgan fingerprint density at radius 2 is 1.47 bits per heavy atom. The molecule has 0 radical (unpaired) electrons. The Kier molecular flexibility index (Phi) is 9.14. The molecule has 0 aliphatic rings. The van der Waals surface area contributed by atoms with Crippen molar-refractivity contribution in [3.05, 3.63) is 35.9 Å². The molecule has 4 N–H and O–H groups in total. The standard InChI is InChI=1S/C9H12O2.CH4O2.H2O/c1-9(2,11-10)8-6-4-3-5-7-8;1-3-2;/h3-7,10H,1-2H3;2H,1H3;1H2. The molecule has 0 fully saturated rings. The van der Waals surface area contributed by atoms with E-state index in [9.17, 15) is 0 Å². The summed E-state index contributed by atoms with van der Waals surface area (Å²) in [7, 11) is 1.18. The average molecular weight is 218 g/mol. The van der Waals surface area contributed by atoms with Crippen LogP contribution in [0.4, 0.5) is 0 Å². The first-order valence-electron chi connectivity index (χ1n) is 4.14. The van der Waals surface area contributed by atoms with Crippen LogP contribution in [0.2, 0.25) is 0 Å². The molecule has 15 heavy (non-hydrogen) atoms. The van der Waals surface area contributed by atoms with Crippen LogP contribution in [0.1, 0.15) is 19.4 Å². The predicted molar refractivity (Wildman–Crippen MR) is 56.4 cm³/mol. The summed E-state index contributed by atoms with van der Waals surface area (Å²) >= 11 is 0. The van der Waals surface area contributed by atoms with Gasteiger partial charge in [0.15, 0.2) is 0 Å². The molecule has 0 saturated heterocycles. The molecule has 0 aromatic heterocycles. The fraction of sp³-hybridized carbons (Fsp3) is 0.400. The van der Waals surface area contributed by atoms with Crippen molar-refractivity contribution in [1.29, 1.82) is 0 Å². The van der Waals surface area contributed by atoms with Gasteiger partial charge in [-0.1, -0.05) is 30.3 Å². The number of hydrogen-bond donors (Lipinski definition) is 2. The molecule has 0 spiro atoms. The Morgan fingerprint density at radius 3 is 1.80 bits per heavy atom. The van der Waals surface area contributed by atoms with Crippen LogP contribution in [0.5, 0.6) is 0 Å². The van der Waals surface area contributed by atoms with E-state index < -0.39 is 5.60 Å². The molecule has 1 aromatic carbocycles. The molecule has 0 amide bonds. The summed E-state index contributed by atoms with van der Waals surface area (Å²) in [6.07, 6.45) is 0. The van der Waals surface area contributed by atoms with E-state index >= 15 is 0 Å². The summed E-state index contributed by atoms with van der Waals surface area (Å²) in [6, 6.07) is 9.58. The highest BCUT2D eigenvalue weighted by Gasteiger charge is 2.20. The van der Waals surface area contributed by atoms with Crippen molar-refractivity contribution in [2.75, 3.05) is 7.11 Å². The fourth-order valence-corrected chi connectivity index (χ4v) is 0.892. The lowest BCUT2D eigenvalue weighted by atomic mass is 9.99. The first-order chi connectivity index (χ1) is 6.58. The monoisotopic (exact) mass is 218 g/mol. The molecule has 0 unspecified atom stereocenters. The molecule has 88 valence electrons. The van der Waals surface area contributed by atoms with E-state index in [2.05, 4.69) is 9.78 Å². The maximum atomic E-state index is 8.55. The molecule has 0 aliphatic carbocycles. The van der Waals surface area contributed by atoms with E-state index in [1.165, 1.54) is 7.11 Å². The molecule has 5 nitrogen and oxygen atoms in total. The maximum absolute atomic E-state index is 8.55. The van der Waals surface area contributed by atoms with Gasteiger partial charge in [-0.2, -0.15) is 0 Å². The van der Waals surface area contributed by atoms with E-state index in [4.69, 9.17) is 10.5 Å². The van der Waals surface area contributed by atoms with Gasteiger partial charge in [0.05, 0.1) is 7.11 Å². The smallest absolute Gasteiger partial charge is 0.123 e. The summed E-state index contributed by atoms with van der Waals surface area (Å²) in [4.78, 5) is 7.57. The van der Waals surface area contributed by atoms with Gasteiger partial charge in [0, 0.05) is 0 Å². The maximum Gasteiger partial charge on any atom is 0.123 e. The first kappa shape index (κ1) is 16.4. The highest BCUT2D eigenvalue weighted by Crippen LogP contribution is 2.22.